The number of ether oxygens (including phenoxy) is 4. The second-order valence-corrected chi connectivity index (χ2v) is 14.4. The fourth-order valence-electron chi connectivity index (χ4n) is 3.68. The van der Waals surface area contributed by atoms with E-state index in [4.69, 9.17) is 23.4 Å². The molecule has 0 aromatic heterocycles. The first kappa shape index (κ1) is 27.1. The second-order valence-electron chi connectivity index (χ2n) is 9.61. The molecule has 30 heavy (non-hydrogen) atoms. The molecule has 0 heterocycles. The van der Waals surface area contributed by atoms with Crippen LogP contribution in [0, 0.1) is 11.8 Å². The molecule has 0 saturated heterocycles. The SMILES string of the molecule is CCOC(C)O[C@@H]1C[C@H](O[Si](C)(C)C(C)(C)C)[C@@H](CCOC(C)=O)[C@H]1COC(C)=O. The number of esters is 2. The van der Waals surface area contributed by atoms with Crippen molar-refractivity contribution in [3.63, 3.8) is 0 Å². The molecule has 8 heteroatoms. The first-order chi connectivity index (χ1) is 13.8. The van der Waals surface area contributed by atoms with Gasteiger partial charge in [-0.3, -0.25) is 9.59 Å². The Bertz CT molecular complexity index is 558. The van der Waals surface area contributed by atoms with E-state index in [9.17, 15) is 9.59 Å². The van der Waals surface area contributed by atoms with Crippen molar-refractivity contribution < 1.29 is 33.0 Å². The van der Waals surface area contributed by atoms with E-state index >= 15 is 0 Å². The van der Waals surface area contributed by atoms with E-state index in [2.05, 4.69) is 33.9 Å². The quantitative estimate of drug-likeness (QED) is 0.266. The molecule has 0 N–H and O–H groups in total. The molecule has 1 fully saturated rings. The smallest absolute Gasteiger partial charge is 0.302 e. The summed E-state index contributed by atoms with van der Waals surface area (Å²) in [5.41, 5.74) is 0. The predicted molar refractivity (Wildman–Crippen MR) is 118 cm³/mol. The third kappa shape index (κ3) is 8.28. The molecule has 0 amide bonds. The maximum atomic E-state index is 11.5. The molecular weight excluding hydrogens is 404 g/mol. The highest BCUT2D eigenvalue weighted by Gasteiger charge is 2.49. The van der Waals surface area contributed by atoms with Gasteiger partial charge in [0.25, 0.3) is 0 Å². The van der Waals surface area contributed by atoms with Crippen LogP contribution in [0.15, 0.2) is 0 Å². The number of carbonyl (C=O) groups is 2. The van der Waals surface area contributed by atoms with Gasteiger partial charge >= 0.3 is 11.9 Å². The van der Waals surface area contributed by atoms with Gasteiger partial charge in [-0.25, -0.2) is 0 Å². The second kappa shape index (κ2) is 11.6. The molecule has 0 bridgehead atoms. The first-order valence-electron chi connectivity index (χ1n) is 11.0. The van der Waals surface area contributed by atoms with E-state index in [1.165, 1.54) is 13.8 Å². The van der Waals surface area contributed by atoms with Crippen molar-refractivity contribution >= 4 is 20.3 Å². The van der Waals surface area contributed by atoms with Crippen molar-refractivity contribution in [3.05, 3.63) is 0 Å². The topological polar surface area (TPSA) is 80.3 Å². The molecule has 0 aromatic rings. The molecule has 0 aliphatic heterocycles. The summed E-state index contributed by atoms with van der Waals surface area (Å²) in [5.74, 6) is -0.623. The van der Waals surface area contributed by atoms with Crippen LogP contribution in [-0.2, 0) is 33.0 Å². The highest BCUT2D eigenvalue weighted by atomic mass is 28.4. The number of hydrogen-bond donors (Lipinski definition) is 0. The van der Waals surface area contributed by atoms with E-state index in [-0.39, 0.29) is 53.9 Å². The van der Waals surface area contributed by atoms with Gasteiger partial charge in [-0.15, -0.1) is 0 Å². The van der Waals surface area contributed by atoms with Crippen LogP contribution in [0.5, 0.6) is 0 Å². The minimum absolute atomic E-state index is 0.0525. The lowest BCUT2D eigenvalue weighted by Gasteiger charge is -2.40. The van der Waals surface area contributed by atoms with Crippen LogP contribution in [0.25, 0.3) is 0 Å². The van der Waals surface area contributed by atoms with Crippen LogP contribution in [0.1, 0.15) is 61.3 Å². The molecule has 176 valence electrons. The highest BCUT2D eigenvalue weighted by Crippen LogP contribution is 2.44. The van der Waals surface area contributed by atoms with Gasteiger partial charge in [0.2, 0.25) is 0 Å². The molecule has 1 unspecified atom stereocenters. The van der Waals surface area contributed by atoms with Gasteiger partial charge in [0.1, 0.15) is 0 Å². The zero-order chi connectivity index (χ0) is 23.1. The summed E-state index contributed by atoms with van der Waals surface area (Å²) in [6, 6.07) is 0. The normalized spacial score (nSPS) is 25.8. The fourth-order valence-corrected chi connectivity index (χ4v) is 5.06. The van der Waals surface area contributed by atoms with Crippen molar-refractivity contribution in [2.45, 2.75) is 97.9 Å². The fraction of sp³-hybridized carbons (Fsp3) is 0.909. The molecule has 1 aliphatic rings. The third-order valence-electron chi connectivity index (χ3n) is 6.23. The van der Waals surface area contributed by atoms with E-state index < -0.39 is 8.32 Å². The lowest BCUT2D eigenvalue weighted by atomic mass is 9.91. The zero-order valence-electron chi connectivity index (χ0n) is 20.3. The van der Waals surface area contributed by atoms with Crippen LogP contribution < -0.4 is 0 Å². The molecule has 1 aliphatic carbocycles. The van der Waals surface area contributed by atoms with Gasteiger partial charge in [-0.05, 0) is 50.7 Å². The average molecular weight is 447 g/mol. The standard InChI is InChI=1S/C22H42O7Si/c1-10-25-17(4)28-20-13-21(29-30(8,9)22(5,6)7)18(11-12-26-15(2)23)19(20)14-27-16(3)24/h17-21H,10-14H2,1-9H3/t17?,18-,19+,20+,21-/m0/s1. The Balaban J connectivity index is 3.10. The van der Waals surface area contributed by atoms with E-state index in [0.29, 0.717) is 26.1 Å². The van der Waals surface area contributed by atoms with Crippen LogP contribution >= 0.6 is 0 Å². The zero-order valence-corrected chi connectivity index (χ0v) is 21.3. The molecule has 5 atom stereocenters. The summed E-state index contributed by atoms with van der Waals surface area (Å²) >= 11 is 0. The van der Waals surface area contributed by atoms with Crippen molar-refractivity contribution in [1.82, 2.24) is 0 Å². The minimum Gasteiger partial charge on any atom is -0.466 e. The van der Waals surface area contributed by atoms with Crippen molar-refractivity contribution in [1.29, 1.82) is 0 Å². The van der Waals surface area contributed by atoms with E-state index in [1.54, 1.807) is 0 Å². The number of hydrogen-bond acceptors (Lipinski definition) is 7. The number of rotatable bonds is 11. The average Bonchev–Trinajstić information content (AvgIpc) is 2.87. The summed E-state index contributed by atoms with van der Waals surface area (Å²) in [4.78, 5) is 22.8. The Morgan fingerprint density at radius 2 is 1.63 bits per heavy atom. The summed E-state index contributed by atoms with van der Waals surface area (Å²) in [5, 5.41) is 0.0658. The van der Waals surface area contributed by atoms with E-state index in [0.717, 1.165) is 0 Å². The minimum atomic E-state index is -2.03. The largest absolute Gasteiger partial charge is 0.466 e. The van der Waals surface area contributed by atoms with Gasteiger partial charge < -0.3 is 23.4 Å². The van der Waals surface area contributed by atoms with Crippen molar-refractivity contribution in [3.8, 4) is 0 Å². The molecule has 1 rings (SSSR count). The molecule has 1 saturated carbocycles. The van der Waals surface area contributed by atoms with Gasteiger partial charge in [0, 0.05) is 26.4 Å². The Kier molecular flexibility index (Phi) is 10.5. The van der Waals surface area contributed by atoms with Gasteiger partial charge in [0.05, 0.1) is 25.4 Å². The molecule has 0 radical (unpaired) electrons. The van der Waals surface area contributed by atoms with Crippen LogP contribution in [-0.4, -0.2) is 58.6 Å². The van der Waals surface area contributed by atoms with E-state index in [1.807, 2.05) is 13.8 Å². The summed E-state index contributed by atoms with van der Waals surface area (Å²) in [6.45, 7) is 18.8. The van der Waals surface area contributed by atoms with Crippen LogP contribution in [0.2, 0.25) is 18.1 Å². The van der Waals surface area contributed by atoms with Crippen LogP contribution in [0.3, 0.4) is 0 Å². The molecule has 7 nitrogen and oxygen atoms in total. The van der Waals surface area contributed by atoms with Gasteiger partial charge in [-0.1, -0.05) is 20.8 Å². The maximum Gasteiger partial charge on any atom is 0.302 e. The Hall–Kier alpha value is -0.963. The van der Waals surface area contributed by atoms with Gasteiger partial charge in [0.15, 0.2) is 14.6 Å². The van der Waals surface area contributed by atoms with Crippen LogP contribution in [0.4, 0.5) is 0 Å². The molecule has 0 aromatic carbocycles. The first-order valence-corrected chi connectivity index (χ1v) is 13.9. The van der Waals surface area contributed by atoms with Crippen molar-refractivity contribution in [2.24, 2.45) is 11.8 Å². The predicted octanol–water partition coefficient (Wildman–Crippen LogP) is 4.30. The van der Waals surface area contributed by atoms with Crippen molar-refractivity contribution in [2.75, 3.05) is 19.8 Å². The Morgan fingerprint density at radius 3 is 2.13 bits per heavy atom. The Morgan fingerprint density at radius 1 is 1.03 bits per heavy atom. The monoisotopic (exact) mass is 446 g/mol. The maximum absolute atomic E-state index is 11.5. The third-order valence-corrected chi connectivity index (χ3v) is 10.7. The lowest BCUT2D eigenvalue weighted by molar-refractivity contribution is -0.173. The lowest BCUT2D eigenvalue weighted by Crippen LogP contribution is -2.45. The Labute approximate surface area is 183 Å². The number of carbonyl (C=O) groups excluding carboxylic acids is 2. The summed E-state index contributed by atoms with van der Waals surface area (Å²) in [7, 11) is -2.03. The van der Waals surface area contributed by atoms with Gasteiger partial charge in [-0.2, -0.15) is 0 Å². The summed E-state index contributed by atoms with van der Waals surface area (Å²) in [6.07, 6.45) is 0.748. The molecular formula is C22H42O7Si. The summed E-state index contributed by atoms with van der Waals surface area (Å²) < 4.78 is 29.2. The molecule has 0 spiro atoms. The highest BCUT2D eigenvalue weighted by molar-refractivity contribution is 6.74.